The largest absolute Gasteiger partial charge is 0.491 e. The molecule has 2 heterocycles. The number of nitrogens with zero attached hydrogens (tertiary/aromatic N) is 1. The smallest absolute Gasteiger partial charge is 0.231 e. The van der Waals surface area contributed by atoms with Gasteiger partial charge in [-0.1, -0.05) is 13.8 Å². The van der Waals surface area contributed by atoms with Crippen molar-refractivity contribution in [3.63, 3.8) is 0 Å². The van der Waals surface area contributed by atoms with E-state index in [2.05, 4.69) is 18.7 Å². The second-order valence-corrected chi connectivity index (χ2v) is 7.16. The zero-order valence-corrected chi connectivity index (χ0v) is 15.6. The second-order valence-electron chi connectivity index (χ2n) is 7.16. The molecule has 0 spiro atoms. The first kappa shape index (κ1) is 19.2. The Morgan fingerprint density at radius 3 is 2.92 bits per heavy atom. The molecule has 0 saturated carbocycles. The third-order valence-corrected chi connectivity index (χ3v) is 4.23. The van der Waals surface area contributed by atoms with Crippen molar-refractivity contribution in [2.75, 3.05) is 52.9 Å². The first-order valence-corrected chi connectivity index (χ1v) is 9.22. The quantitative estimate of drug-likeness (QED) is 0.710. The third kappa shape index (κ3) is 5.74. The molecule has 2 atom stereocenters. The fourth-order valence-corrected chi connectivity index (χ4v) is 2.99. The second kappa shape index (κ2) is 9.41. The van der Waals surface area contributed by atoms with Crippen molar-refractivity contribution >= 4 is 0 Å². The summed E-state index contributed by atoms with van der Waals surface area (Å²) in [5, 5.41) is 10.1. The van der Waals surface area contributed by atoms with Crippen LogP contribution in [0.3, 0.4) is 0 Å². The van der Waals surface area contributed by atoms with Crippen molar-refractivity contribution in [1.29, 1.82) is 0 Å². The van der Waals surface area contributed by atoms with Crippen LogP contribution < -0.4 is 14.2 Å². The zero-order valence-electron chi connectivity index (χ0n) is 15.6. The van der Waals surface area contributed by atoms with E-state index in [1.165, 1.54) is 0 Å². The van der Waals surface area contributed by atoms with E-state index in [-0.39, 0.29) is 12.9 Å². The van der Waals surface area contributed by atoms with Crippen LogP contribution in [0.5, 0.6) is 17.2 Å². The van der Waals surface area contributed by atoms with Crippen molar-refractivity contribution in [2.45, 2.75) is 26.1 Å². The standard InChI is InChI=1S/C19H29NO6/c1-14(2)10-22-11-15(21)8-20-5-6-23-17(9-20)12-24-16-3-4-18-19(7-16)26-13-25-18/h3-4,7,14-15,17,21H,5-6,8-13H2,1-2H3. The van der Waals surface area contributed by atoms with Gasteiger partial charge in [0, 0.05) is 32.3 Å². The Hall–Kier alpha value is -1.54. The maximum Gasteiger partial charge on any atom is 0.231 e. The van der Waals surface area contributed by atoms with Gasteiger partial charge in [0.25, 0.3) is 0 Å². The van der Waals surface area contributed by atoms with Crippen LogP contribution in [0.15, 0.2) is 18.2 Å². The highest BCUT2D eigenvalue weighted by Gasteiger charge is 2.23. The molecule has 26 heavy (non-hydrogen) atoms. The summed E-state index contributed by atoms with van der Waals surface area (Å²) in [6.45, 7) is 8.70. The van der Waals surface area contributed by atoms with E-state index in [1.54, 1.807) is 0 Å². The van der Waals surface area contributed by atoms with Gasteiger partial charge in [0.1, 0.15) is 18.5 Å². The van der Waals surface area contributed by atoms with E-state index >= 15 is 0 Å². The lowest BCUT2D eigenvalue weighted by atomic mass is 10.2. The zero-order chi connectivity index (χ0) is 18.4. The summed E-state index contributed by atoms with van der Waals surface area (Å²) in [7, 11) is 0. The lowest BCUT2D eigenvalue weighted by Crippen LogP contribution is -2.48. The van der Waals surface area contributed by atoms with Gasteiger partial charge in [0.05, 0.1) is 19.3 Å². The van der Waals surface area contributed by atoms with Gasteiger partial charge in [-0.3, -0.25) is 4.90 Å². The maximum atomic E-state index is 10.1. The summed E-state index contributed by atoms with van der Waals surface area (Å²) in [4.78, 5) is 2.20. The van der Waals surface area contributed by atoms with Crippen LogP contribution >= 0.6 is 0 Å². The number of aliphatic hydroxyl groups is 1. The molecule has 2 unspecified atom stereocenters. The first-order chi connectivity index (χ1) is 12.6. The number of benzene rings is 1. The van der Waals surface area contributed by atoms with Crippen LogP contribution in [0.25, 0.3) is 0 Å². The highest BCUT2D eigenvalue weighted by Crippen LogP contribution is 2.35. The van der Waals surface area contributed by atoms with Crippen LogP contribution in [0.4, 0.5) is 0 Å². The van der Waals surface area contributed by atoms with E-state index in [9.17, 15) is 5.11 Å². The maximum absolute atomic E-state index is 10.1. The van der Waals surface area contributed by atoms with Crippen molar-refractivity contribution in [1.82, 2.24) is 4.90 Å². The molecule has 1 aromatic rings. The summed E-state index contributed by atoms with van der Waals surface area (Å²) in [6, 6.07) is 5.54. The molecule has 146 valence electrons. The molecule has 0 aliphatic carbocycles. The average Bonchev–Trinajstić information content (AvgIpc) is 3.07. The van der Waals surface area contributed by atoms with Crippen LogP contribution in [0.1, 0.15) is 13.8 Å². The van der Waals surface area contributed by atoms with Crippen molar-refractivity contribution in [3.05, 3.63) is 18.2 Å². The van der Waals surface area contributed by atoms with Crippen molar-refractivity contribution in [2.24, 2.45) is 5.92 Å². The number of β-amino-alcohol motifs (C(OH)–C–C–N with tert-alkyl or cyclic N) is 1. The number of rotatable bonds is 9. The summed E-state index contributed by atoms with van der Waals surface area (Å²) in [5.74, 6) is 2.66. The van der Waals surface area contributed by atoms with Gasteiger partial charge in [0.15, 0.2) is 11.5 Å². The molecule has 0 bridgehead atoms. The van der Waals surface area contributed by atoms with Crippen molar-refractivity contribution in [3.8, 4) is 17.2 Å². The van der Waals surface area contributed by atoms with E-state index in [4.69, 9.17) is 23.7 Å². The molecule has 2 aliphatic rings. The molecule has 3 rings (SSSR count). The van der Waals surface area contributed by atoms with Crippen LogP contribution in [0, 0.1) is 5.92 Å². The Kier molecular flexibility index (Phi) is 6.96. The van der Waals surface area contributed by atoms with Crippen LogP contribution in [-0.2, 0) is 9.47 Å². The topological polar surface area (TPSA) is 69.6 Å². The van der Waals surface area contributed by atoms with E-state index < -0.39 is 6.10 Å². The predicted octanol–water partition coefficient (Wildman–Crippen LogP) is 1.53. The molecule has 1 fully saturated rings. The van der Waals surface area contributed by atoms with Gasteiger partial charge in [-0.15, -0.1) is 0 Å². The number of ether oxygens (including phenoxy) is 5. The number of morpholine rings is 1. The molecule has 2 aliphatic heterocycles. The Labute approximate surface area is 154 Å². The summed E-state index contributed by atoms with van der Waals surface area (Å²) < 4.78 is 27.8. The van der Waals surface area contributed by atoms with E-state index in [0.717, 1.165) is 24.6 Å². The lowest BCUT2D eigenvalue weighted by molar-refractivity contribution is -0.0654. The fourth-order valence-electron chi connectivity index (χ4n) is 2.99. The number of hydrogen-bond donors (Lipinski definition) is 1. The highest BCUT2D eigenvalue weighted by molar-refractivity contribution is 5.46. The summed E-state index contributed by atoms with van der Waals surface area (Å²) >= 11 is 0. The van der Waals surface area contributed by atoms with Gasteiger partial charge in [-0.25, -0.2) is 0 Å². The van der Waals surface area contributed by atoms with Gasteiger partial charge >= 0.3 is 0 Å². The molecular formula is C19H29NO6. The molecule has 1 N–H and O–H groups in total. The Bertz CT molecular complexity index is 567. The highest BCUT2D eigenvalue weighted by atomic mass is 16.7. The summed E-state index contributed by atoms with van der Waals surface area (Å²) in [5.41, 5.74) is 0. The average molecular weight is 367 g/mol. The Morgan fingerprint density at radius 1 is 1.23 bits per heavy atom. The van der Waals surface area contributed by atoms with Crippen LogP contribution in [0.2, 0.25) is 0 Å². The minimum absolute atomic E-state index is 0.0297. The molecule has 0 amide bonds. The van der Waals surface area contributed by atoms with Gasteiger partial charge in [-0.05, 0) is 18.1 Å². The third-order valence-electron chi connectivity index (χ3n) is 4.23. The molecule has 7 heteroatoms. The van der Waals surface area contributed by atoms with Gasteiger partial charge in [-0.2, -0.15) is 0 Å². The van der Waals surface area contributed by atoms with Crippen molar-refractivity contribution < 1.29 is 28.8 Å². The van der Waals surface area contributed by atoms with Crippen LogP contribution in [-0.4, -0.2) is 75.1 Å². The monoisotopic (exact) mass is 367 g/mol. The van der Waals surface area contributed by atoms with E-state index in [0.29, 0.717) is 44.6 Å². The van der Waals surface area contributed by atoms with Gasteiger partial charge in [0.2, 0.25) is 6.79 Å². The Morgan fingerprint density at radius 2 is 2.08 bits per heavy atom. The molecule has 1 aromatic carbocycles. The number of aliphatic hydroxyl groups excluding tert-OH is 1. The first-order valence-electron chi connectivity index (χ1n) is 9.22. The minimum atomic E-state index is -0.484. The molecule has 0 aromatic heterocycles. The molecule has 7 nitrogen and oxygen atoms in total. The van der Waals surface area contributed by atoms with E-state index in [1.807, 2.05) is 18.2 Å². The number of fused-ring (bicyclic) bond motifs is 1. The predicted molar refractivity (Wildman–Crippen MR) is 95.9 cm³/mol. The molecular weight excluding hydrogens is 338 g/mol. The molecule has 0 radical (unpaired) electrons. The normalized spacial score (nSPS) is 21.2. The van der Waals surface area contributed by atoms with Gasteiger partial charge < -0.3 is 28.8 Å². The number of hydrogen-bond acceptors (Lipinski definition) is 7. The Balaban J connectivity index is 1.39. The SMILES string of the molecule is CC(C)COCC(O)CN1CCOC(COc2ccc3c(c2)OCO3)C1. The minimum Gasteiger partial charge on any atom is -0.491 e. The molecule has 1 saturated heterocycles. The fraction of sp³-hybridized carbons (Fsp3) is 0.684. The summed E-state index contributed by atoms with van der Waals surface area (Å²) in [6.07, 6.45) is -0.514. The lowest BCUT2D eigenvalue weighted by Gasteiger charge is -2.33.